The third-order valence-corrected chi connectivity index (χ3v) is 5.00. The number of aromatic amines is 1. The molecule has 0 radical (unpaired) electrons. The number of nitrogens with one attached hydrogen (secondary N) is 3. The molecule has 1 aliphatic heterocycles. The number of aromatic nitrogens is 2. The zero-order valence-corrected chi connectivity index (χ0v) is 16.1. The number of rotatable bonds is 3. The van der Waals surface area contributed by atoms with E-state index in [1.54, 1.807) is 18.0 Å². The van der Waals surface area contributed by atoms with Gasteiger partial charge in [-0.1, -0.05) is 6.07 Å². The molecule has 2 amide bonds. The molecular formula is C19H21F3N6O2. The summed E-state index contributed by atoms with van der Waals surface area (Å²) < 4.78 is 41.0. The Labute approximate surface area is 170 Å². The zero-order chi connectivity index (χ0) is 22.1. The minimum absolute atomic E-state index is 0.0859. The quantitative estimate of drug-likeness (QED) is 0.447. The first-order valence-electron chi connectivity index (χ1n) is 9.24. The Morgan fingerprint density at radius 1 is 1.30 bits per heavy atom. The van der Waals surface area contributed by atoms with E-state index in [1.807, 2.05) is 5.32 Å². The minimum atomic E-state index is -4.65. The summed E-state index contributed by atoms with van der Waals surface area (Å²) in [4.78, 5) is 32.9. The number of piperidine rings is 1. The largest absolute Gasteiger partial charge is 0.416 e. The molecular weight excluding hydrogens is 401 g/mol. The highest BCUT2D eigenvalue weighted by Crippen LogP contribution is 2.39. The van der Waals surface area contributed by atoms with E-state index in [1.165, 1.54) is 12.1 Å². The fourth-order valence-electron chi connectivity index (χ4n) is 3.56. The number of guanidine groups is 1. The van der Waals surface area contributed by atoms with Crippen molar-refractivity contribution in [2.24, 2.45) is 5.73 Å². The number of benzene rings is 1. The molecule has 160 valence electrons. The van der Waals surface area contributed by atoms with Crippen LogP contribution >= 0.6 is 0 Å². The first-order chi connectivity index (χ1) is 14.1. The van der Waals surface area contributed by atoms with Gasteiger partial charge >= 0.3 is 6.18 Å². The summed E-state index contributed by atoms with van der Waals surface area (Å²) in [5, 5.41) is 9.03. The van der Waals surface area contributed by atoms with Crippen molar-refractivity contribution < 1.29 is 22.8 Å². The molecule has 1 aliphatic rings. The molecule has 0 aliphatic carbocycles. The lowest BCUT2D eigenvalue weighted by atomic mass is 9.85. The number of H-pyrrole nitrogens is 1. The Hall–Kier alpha value is -3.37. The number of carbonyl (C=O) groups is 2. The van der Waals surface area contributed by atoms with Crippen LogP contribution in [0.5, 0.6) is 0 Å². The van der Waals surface area contributed by atoms with Crippen molar-refractivity contribution in [2.45, 2.75) is 31.9 Å². The van der Waals surface area contributed by atoms with Crippen LogP contribution in [0.15, 0.2) is 24.4 Å². The van der Waals surface area contributed by atoms with Gasteiger partial charge in [0, 0.05) is 24.8 Å². The Morgan fingerprint density at radius 3 is 2.50 bits per heavy atom. The zero-order valence-electron chi connectivity index (χ0n) is 16.1. The molecule has 0 saturated carbocycles. The van der Waals surface area contributed by atoms with E-state index in [2.05, 4.69) is 9.97 Å². The van der Waals surface area contributed by atoms with Crippen LogP contribution in [-0.2, 0) is 6.18 Å². The highest BCUT2D eigenvalue weighted by molar-refractivity contribution is 6.04. The highest BCUT2D eigenvalue weighted by atomic mass is 19.4. The number of aryl methyl sites for hydroxylation is 1. The molecule has 0 bridgehead atoms. The van der Waals surface area contributed by atoms with E-state index in [0.29, 0.717) is 31.6 Å². The predicted molar refractivity (Wildman–Crippen MR) is 102 cm³/mol. The summed E-state index contributed by atoms with van der Waals surface area (Å²) in [6.45, 7) is 2.35. The molecule has 0 atom stereocenters. The predicted octanol–water partition coefficient (Wildman–Crippen LogP) is 2.38. The summed E-state index contributed by atoms with van der Waals surface area (Å²) >= 11 is 0. The molecule has 2 heterocycles. The number of halogens is 3. The van der Waals surface area contributed by atoms with Crippen molar-refractivity contribution >= 4 is 17.8 Å². The Morgan fingerprint density at radius 2 is 1.97 bits per heavy atom. The normalized spacial score (nSPS) is 15.1. The SMILES string of the molecule is Cc1c[nH]c(C(=O)N2CCC(c3ccc(C(=O)NC(=N)N)cc3C(F)(F)F)CC2)n1. The Balaban J connectivity index is 1.78. The molecule has 5 N–H and O–H groups in total. The molecule has 3 rings (SSSR count). The Kier molecular flexibility index (Phi) is 5.81. The number of imidazole rings is 1. The van der Waals surface area contributed by atoms with Crippen molar-refractivity contribution in [3.8, 4) is 0 Å². The summed E-state index contributed by atoms with van der Waals surface area (Å²) in [5.74, 6) is -2.01. The number of nitrogens with two attached hydrogens (primary N) is 1. The minimum Gasteiger partial charge on any atom is -0.370 e. The van der Waals surface area contributed by atoms with E-state index in [4.69, 9.17) is 11.1 Å². The fourth-order valence-corrected chi connectivity index (χ4v) is 3.56. The van der Waals surface area contributed by atoms with Crippen LogP contribution in [0.3, 0.4) is 0 Å². The first kappa shape index (κ1) is 21.3. The maximum absolute atomic E-state index is 13.7. The van der Waals surface area contributed by atoms with E-state index >= 15 is 0 Å². The average Bonchev–Trinajstić information content (AvgIpc) is 3.12. The maximum atomic E-state index is 13.7. The molecule has 0 spiro atoms. The summed E-state index contributed by atoms with van der Waals surface area (Å²) in [7, 11) is 0. The maximum Gasteiger partial charge on any atom is 0.416 e. The number of likely N-dealkylation sites (tertiary alicyclic amines) is 1. The summed E-state index contributed by atoms with van der Waals surface area (Å²) in [6.07, 6.45) is -2.33. The number of hydrogen-bond acceptors (Lipinski definition) is 4. The van der Waals surface area contributed by atoms with Gasteiger partial charge in [0.15, 0.2) is 11.8 Å². The molecule has 1 aromatic heterocycles. The van der Waals surface area contributed by atoms with Gasteiger partial charge in [0.05, 0.1) is 11.3 Å². The second kappa shape index (κ2) is 8.17. The first-order valence-corrected chi connectivity index (χ1v) is 9.24. The van der Waals surface area contributed by atoms with E-state index < -0.39 is 29.5 Å². The van der Waals surface area contributed by atoms with Crippen LogP contribution in [0.4, 0.5) is 13.2 Å². The van der Waals surface area contributed by atoms with Gasteiger partial charge in [-0.3, -0.25) is 20.3 Å². The molecule has 1 saturated heterocycles. The third kappa shape index (κ3) is 4.61. The van der Waals surface area contributed by atoms with Gasteiger partial charge in [-0.15, -0.1) is 0 Å². The van der Waals surface area contributed by atoms with Crippen LogP contribution in [0.1, 0.15) is 56.6 Å². The van der Waals surface area contributed by atoms with Gasteiger partial charge in [0.1, 0.15) is 0 Å². The molecule has 2 aromatic rings. The van der Waals surface area contributed by atoms with Gasteiger partial charge in [0.2, 0.25) is 0 Å². The number of amides is 2. The molecule has 11 heteroatoms. The number of alkyl halides is 3. The second-order valence-corrected chi connectivity index (χ2v) is 7.12. The van der Waals surface area contributed by atoms with Crippen LogP contribution in [0.25, 0.3) is 0 Å². The molecule has 1 aromatic carbocycles. The van der Waals surface area contributed by atoms with E-state index in [0.717, 1.165) is 6.07 Å². The molecule has 8 nitrogen and oxygen atoms in total. The topological polar surface area (TPSA) is 128 Å². The van der Waals surface area contributed by atoms with Gasteiger partial charge in [-0.2, -0.15) is 13.2 Å². The average molecular weight is 422 g/mol. The number of hydrogen-bond donors (Lipinski definition) is 4. The number of nitrogens with zero attached hydrogens (tertiary/aromatic N) is 2. The second-order valence-electron chi connectivity index (χ2n) is 7.12. The number of carbonyl (C=O) groups excluding carboxylic acids is 2. The van der Waals surface area contributed by atoms with Crippen molar-refractivity contribution in [1.82, 2.24) is 20.2 Å². The summed E-state index contributed by atoms with van der Waals surface area (Å²) in [6, 6.07) is 3.35. The monoisotopic (exact) mass is 422 g/mol. The third-order valence-electron chi connectivity index (χ3n) is 5.00. The van der Waals surface area contributed by atoms with E-state index in [-0.39, 0.29) is 22.9 Å². The van der Waals surface area contributed by atoms with Crippen LogP contribution in [0.2, 0.25) is 0 Å². The fraction of sp³-hybridized carbons (Fsp3) is 0.368. The Bertz CT molecular complexity index is 977. The standard InChI is InChI=1S/C19H21F3N6O2/c1-10-9-25-15(26-10)17(30)28-6-4-11(5-7-28)13-3-2-12(16(29)27-18(23)24)8-14(13)19(20,21)22/h2-3,8-9,11H,4-7H2,1H3,(H,25,26)(H4,23,24,27,29). The van der Waals surface area contributed by atoms with Gasteiger partial charge < -0.3 is 15.6 Å². The smallest absolute Gasteiger partial charge is 0.370 e. The van der Waals surface area contributed by atoms with Crippen molar-refractivity contribution in [2.75, 3.05) is 13.1 Å². The molecule has 1 fully saturated rings. The molecule has 0 unspecified atom stereocenters. The van der Waals surface area contributed by atoms with Gasteiger partial charge in [-0.25, -0.2) is 4.98 Å². The molecule has 30 heavy (non-hydrogen) atoms. The van der Waals surface area contributed by atoms with Crippen LogP contribution < -0.4 is 11.1 Å². The lowest BCUT2D eigenvalue weighted by Crippen LogP contribution is -2.38. The van der Waals surface area contributed by atoms with Crippen LogP contribution in [0, 0.1) is 12.3 Å². The van der Waals surface area contributed by atoms with Crippen LogP contribution in [-0.4, -0.2) is 45.7 Å². The van der Waals surface area contributed by atoms with Crippen molar-refractivity contribution in [3.63, 3.8) is 0 Å². The van der Waals surface area contributed by atoms with Gasteiger partial charge in [0.25, 0.3) is 11.8 Å². The highest BCUT2D eigenvalue weighted by Gasteiger charge is 2.37. The van der Waals surface area contributed by atoms with Crippen molar-refractivity contribution in [1.29, 1.82) is 5.41 Å². The lowest BCUT2D eigenvalue weighted by molar-refractivity contribution is -0.138. The summed E-state index contributed by atoms with van der Waals surface area (Å²) in [5.41, 5.74) is 4.70. The lowest BCUT2D eigenvalue weighted by Gasteiger charge is -2.33. The van der Waals surface area contributed by atoms with Crippen molar-refractivity contribution in [3.05, 3.63) is 52.6 Å². The van der Waals surface area contributed by atoms with Gasteiger partial charge in [-0.05, 0) is 43.4 Å². The van der Waals surface area contributed by atoms with E-state index in [9.17, 15) is 22.8 Å².